The molecule has 4 heteroatoms. The van der Waals surface area contributed by atoms with E-state index in [1.54, 1.807) is 12.1 Å². The number of aromatic hydroxyl groups is 2. The van der Waals surface area contributed by atoms with Crippen LogP contribution in [-0.2, 0) is 0 Å². The first-order chi connectivity index (χ1) is 4.75. The zero-order chi connectivity index (χ0) is 7.56. The lowest BCUT2D eigenvalue weighted by Gasteiger charge is -1.99. The maximum absolute atomic E-state index is 9.04. The van der Waals surface area contributed by atoms with E-state index in [9.17, 15) is 0 Å². The van der Waals surface area contributed by atoms with Gasteiger partial charge in [0, 0.05) is 0 Å². The quantitative estimate of drug-likeness (QED) is 0.646. The van der Waals surface area contributed by atoms with Gasteiger partial charge in [0.2, 0.25) is 0 Å². The highest BCUT2D eigenvalue weighted by atomic mass is 35.7. The maximum atomic E-state index is 9.04. The Bertz CT molecular complexity index is 239. The summed E-state index contributed by atoms with van der Waals surface area (Å²) in [5.74, 6) is -0.312. The Morgan fingerprint density at radius 3 is 2.50 bits per heavy atom. The molecule has 0 aliphatic rings. The van der Waals surface area contributed by atoms with E-state index in [0.29, 0.717) is 4.90 Å². The molecule has 0 heterocycles. The molecule has 2 N–H and O–H groups in total. The van der Waals surface area contributed by atoms with E-state index in [1.807, 2.05) is 0 Å². The number of para-hydroxylation sites is 1. The van der Waals surface area contributed by atoms with Crippen molar-refractivity contribution in [2.75, 3.05) is 0 Å². The summed E-state index contributed by atoms with van der Waals surface area (Å²) < 4.78 is 0. The number of phenols is 2. The van der Waals surface area contributed by atoms with Crippen LogP contribution in [0.1, 0.15) is 0 Å². The van der Waals surface area contributed by atoms with Crippen LogP contribution in [0, 0.1) is 0 Å². The molecule has 10 heavy (non-hydrogen) atoms. The average molecular weight is 177 g/mol. The van der Waals surface area contributed by atoms with Gasteiger partial charge in [-0.2, -0.15) is 0 Å². The van der Waals surface area contributed by atoms with Gasteiger partial charge in [-0.3, -0.25) is 0 Å². The van der Waals surface area contributed by atoms with Gasteiger partial charge < -0.3 is 10.2 Å². The standard InChI is InChI=1S/C6H5ClO2S/c7-10-5-3-1-2-4(8)6(5)9/h1-3,8-9H. The van der Waals surface area contributed by atoms with E-state index in [0.717, 1.165) is 11.0 Å². The first kappa shape index (κ1) is 7.57. The molecule has 0 aromatic heterocycles. The van der Waals surface area contributed by atoms with E-state index in [2.05, 4.69) is 0 Å². The summed E-state index contributed by atoms with van der Waals surface area (Å²) in [7, 11) is 6.22. The van der Waals surface area contributed by atoms with Crippen LogP contribution in [0.5, 0.6) is 11.5 Å². The second-order valence-electron chi connectivity index (χ2n) is 1.70. The second-order valence-corrected chi connectivity index (χ2v) is 2.76. The van der Waals surface area contributed by atoms with Crippen LogP contribution in [0.25, 0.3) is 0 Å². The van der Waals surface area contributed by atoms with Crippen molar-refractivity contribution >= 4 is 21.7 Å². The molecule has 0 aliphatic carbocycles. The Labute approximate surface area is 67.0 Å². The average Bonchev–Trinajstić information content (AvgIpc) is 1.95. The molecule has 0 unspecified atom stereocenters. The van der Waals surface area contributed by atoms with Crippen LogP contribution >= 0.6 is 21.7 Å². The van der Waals surface area contributed by atoms with Gasteiger partial charge in [-0.05, 0) is 33.8 Å². The van der Waals surface area contributed by atoms with Gasteiger partial charge in [-0.1, -0.05) is 6.07 Å². The molecule has 2 nitrogen and oxygen atoms in total. The fourth-order valence-electron chi connectivity index (χ4n) is 0.573. The Balaban J connectivity index is 3.14. The van der Waals surface area contributed by atoms with E-state index in [4.69, 9.17) is 20.9 Å². The molecule has 1 aromatic carbocycles. The Morgan fingerprint density at radius 2 is 2.00 bits per heavy atom. The van der Waals surface area contributed by atoms with E-state index in [1.165, 1.54) is 6.07 Å². The lowest BCUT2D eigenvalue weighted by Crippen LogP contribution is -1.70. The van der Waals surface area contributed by atoms with Crippen molar-refractivity contribution in [1.82, 2.24) is 0 Å². The predicted molar refractivity (Wildman–Crippen MR) is 41.5 cm³/mol. The number of phenolic OH excluding ortho intramolecular Hbond substituents is 2. The topological polar surface area (TPSA) is 40.5 Å². The number of halogens is 1. The number of rotatable bonds is 1. The molecule has 0 saturated heterocycles. The molecule has 0 atom stereocenters. The summed E-state index contributed by atoms with van der Waals surface area (Å²) in [6.07, 6.45) is 0. The van der Waals surface area contributed by atoms with Gasteiger partial charge in [-0.25, -0.2) is 0 Å². The fourth-order valence-corrected chi connectivity index (χ4v) is 1.25. The van der Waals surface area contributed by atoms with Crippen LogP contribution in [-0.4, -0.2) is 10.2 Å². The molecular formula is C6H5ClO2S. The zero-order valence-electron chi connectivity index (χ0n) is 4.91. The second kappa shape index (κ2) is 3.03. The van der Waals surface area contributed by atoms with Gasteiger partial charge in [0.1, 0.15) is 0 Å². The molecule has 0 spiro atoms. The minimum Gasteiger partial charge on any atom is -0.504 e. The summed E-state index contributed by atoms with van der Waals surface area (Å²) in [5, 5.41) is 18.0. The molecule has 0 saturated carbocycles. The summed E-state index contributed by atoms with van der Waals surface area (Å²) in [6, 6.07) is 4.62. The SMILES string of the molecule is Oc1cccc(SCl)c1O. The molecule has 0 fully saturated rings. The summed E-state index contributed by atoms with van der Waals surface area (Å²) in [4.78, 5) is 0.460. The van der Waals surface area contributed by atoms with Gasteiger partial charge in [-0.15, -0.1) is 0 Å². The summed E-state index contributed by atoms with van der Waals surface area (Å²) >= 11 is 0. The van der Waals surface area contributed by atoms with Gasteiger partial charge in [0.25, 0.3) is 0 Å². The minimum atomic E-state index is -0.164. The smallest absolute Gasteiger partial charge is 0.172 e. The maximum Gasteiger partial charge on any atom is 0.172 e. The number of hydrogen-bond acceptors (Lipinski definition) is 3. The zero-order valence-corrected chi connectivity index (χ0v) is 6.49. The van der Waals surface area contributed by atoms with Crippen LogP contribution in [0.4, 0.5) is 0 Å². The third-order valence-electron chi connectivity index (χ3n) is 1.06. The Morgan fingerprint density at radius 1 is 1.30 bits per heavy atom. The van der Waals surface area contributed by atoms with Gasteiger partial charge >= 0.3 is 0 Å². The molecule has 54 valence electrons. The van der Waals surface area contributed by atoms with Crippen molar-refractivity contribution in [1.29, 1.82) is 0 Å². The van der Waals surface area contributed by atoms with E-state index < -0.39 is 0 Å². The summed E-state index contributed by atoms with van der Waals surface area (Å²) in [5.41, 5.74) is 0. The molecule has 0 bridgehead atoms. The van der Waals surface area contributed by atoms with Crippen molar-refractivity contribution in [2.45, 2.75) is 4.90 Å². The minimum absolute atomic E-state index is 0.148. The lowest BCUT2D eigenvalue weighted by atomic mass is 10.3. The van der Waals surface area contributed by atoms with E-state index >= 15 is 0 Å². The van der Waals surface area contributed by atoms with Crippen LogP contribution < -0.4 is 0 Å². The molecule has 1 aromatic rings. The summed E-state index contributed by atoms with van der Waals surface area (Å²) in [6.45, 7) is 0. The number of benzene rings is 1. The largest absolute Gasteiger partial charge is 0.504 e. The highest BCUT2D eigenvalue weighted by Gasteiger charge is 2.03. The number of hydrogen-bond donors (Lipinski definition) is 2. The highest BCUT2D eigenvalue weighted by Crippen LogP contribution is 2.36. The molecule has 1 rings (SSSR count). The monoisotopic (exact) mass is 176 g/mol. The van der Waals surface area contributed by atoms with Crippen molar-refractivity contribution in [3.8, 4) is 11.5 Å². The highest BCUT2D eigenvalue weighted by molar-refractivity contribution is 8.21. The van der Waals surface area contributed by atoms with Crippen LogP contribution in [0.2, 0.25) is 0 Å². The normalized spacial score (nSPS) is 9.70. The molecule has 0 radical (unpaired) electrons. The molecule has 0 amide bonds. The molecule has 0 aliphatic heterocycles. The lowest BCUT2D eigenvalue weighted by molar-refractivity contribution is 0.395. The van der Waals surface area contributed by atoms with Crippen molar-refractivity contribution in [3.63, 3.8) is 0 Å². The molecular weight excluding hydrogens is 172 g/mol. The Hall–Kier alpha value is -0.540. The Kier molecular flexibility index (Phi) is 2.29. The third kappa shape index (κ3) is 1.30. The predicted octanol–water partition coefficient (Wildman–Crippen LogP) is 2.34. The van der Waals surface area contributed by atoms with Gasteiger partial charge in [0.15, 0.2) is 11.5 Å². The van der Waals surface area contributed by atoms with Crippen molar-refractivity contribution in [2.24, 2.45) is 0 Å². The van der Waals surface area contributed by atoms with Crippen molar-refractivity contribution < 1.29 is 10.2 Å². The van der Waals surface area contributed by atoms with Crippen LogP contribution in [0.15, 0.2) is 23.1 Å². The fraction of sp³-hybridized carbons (Fsp3) is 0. The van der Waals surface area contributed by atoms with Crippen molar-refractivity contribution in [3.05, 3.63) is 18.2 Å². The van der Waals surface area contributed by atoms with E-state index in [-0.39, 0.29) is 11.5 Å². The van der Waals surface area contributed by atoms with Gasteiger partial charge in [0.05, 0.1) is 4.90 Å². The van der Waals surface area contributed by atoms with Crippen LogP contribution in [0.3, 0.4) is 0 Å². The third-order valence-corrected chi connectivity index (χ3v) is 2.06. The first-order valence-corrected chi connectivity index (χ1v) is 4.19. The first-order valence-electron chi connectivity index (χ1n) is 2.55.